The number of anilines is 1. The van der Waals surface area contributed by atoms with Gasteiger partial charge in [0.25, 0.3) is 5.91 Å². The first-order valence-electron chi connectivity index (χ1n) is 7.89. The average Bonchev–Trinajstić information content (AvgIpc) is 2.72. The SMILES string of the molecule is CCNc1ccncc1C(=O)N1CCC2CCC(C1)N2C. The van der Waals surface area contributed by atoms with Crippen molar-refractivity contribution in [3.63, 3.8) is 0 Å². The van der Waals surface area contributed by atoms with Crippen LogP contribution in [-0.2, 0) is 0 Å². The first kappa shape index (κ1) is 14.3. The van der Waals surface area contributed by atoms with E-state index in [2.05, 4.69) is 22.2 Å². The first-order valence-corrected chi connectivity index (χ1v) is 7.89. The quantitative estimate of drug-likeness (QED) is 0.922. The van der Waals surface area contributed by atoms with Gasteiger partial charge in [0.1, 0.15) is 0 Å². The summed E-state index contributed by atoms with van der Waals surface area (Å²) in [6, 6.07) is 3.04. The number of pyridine rings is 1. The minimum Gasteiger partial charge on any atom is -0.385 e. The molecule has 2 fully saturated rings. The van der Waals surface area contributed by atoms with Crippen LogP contribution >= 0.6 is 0 Å². The fourth-order valence-electron chi connectivity index (χ4n) is 3.57. The largest absolute Gasteiger partial charge is 0.385 e. The topological polar surface area (TPSA) is 48.5 Å². The lowest BCUT2D eigenvalue weighted by Gasteiger charge is -2.26. The molecule has 1 aromatic rings. The Morgan fingerprint density at radius 1 is 1.38 bits per heavy atom. The Kier molecular flexibility index (Phi) is 4.10. The molecule has 2 unspecified atom stereocenters. The van der Waals surface area contributed by atoms with Gasteiger partial charge in [-0.3, -0.25) is 14.7 Å². The second-order valence-corrected chi connectivity index (χ2v) is 6.04. The summed E-state index contributed by atoms with van der Waals surface area (Å²) >= 11 is 0. The molecule has 2 aliphatic heterocycles. The number of amides is 1. The Bertz CT molecular complexity index is 519. The number of carbonyl (C=O) groups excluding carboxylic acids is 1. The van der Waals surface area contributed by atoms with E-state index in [9.17, 15) is 4.79 Å². The highest BCUT2D eigenvalue weighted by Crippen LogP contribution is 2.29. The standard InChI is InChI=1S/C16H24N4O/c1-3-18-15-6-8-17-10-14(15)16(21)20-9-7-12-4-5-13(11-20)19(12)2/h6,8,10,12-13H,3-5,7,9,11H2,1-2H3,(H,17,18). The van der Waals surface area contributed by atoms with E-state index in [-0.39, 0.29) is 5.91 Å². The molecule has 3 heterocycles. The molecule has 114 valence electrons. The van der Waals surface area contributed by atoms with Crippen LogP contribution in [0.4, 0.5) is 5.69 Å². The van der Waals surface area contributed by atoms with Crippen molar-refractivity contribution in [1.29, 1.82) is 0 Å². The minimum atomic E-state index is 0.111. The molecule has 0 spiro atoms. The Hall–Kier alpha value is -1.62. The van der Waals surface area contributed by atoms with Crippen LogP contribution in [0.25, 0.3) is 0 Å². The molecule has 1 amide bonds. The van der Waals surface area contributed by atoms with Crippen LogP contribution < -0.4 is 5.32 Å². The van der Waals surface area contributed by atoms with Gasteiger partial charge in [-0.25, -0.2) is 0 Å². The second-order valence-electron chi connectivity index (χ2n) is 6.04. The van der Waals surface area contributed by atoms with Crippen molar-refractivity contribution in [2.75, 3.05) is 32.0 Å². The van der Waals surface area contributed by atoms with Gasteiger partial charge in [-0.05, 0) is 39.3 Å². The molecule has 3 rings (SSSR count). The Labute approximate surface area is 126 Å². The third kappa shape index (κ3) is 2.75. The molecule has 2 saturated heterocycles. The van der Waals surface area contributed by atoms with E-state index in [0.717, 1.165) is 31.7 Å². The monoisotopic (exact) mass is 288 g/mol. The zero-order chi connectivity index (χ0) is 14.8. The highest BCUT2D eigenvalue weighted by Gasteiger charge is 2.36. The summed E-state index contributed by atoms with van der Waals surface area (Å²) < 4.78 is 0. The van der Waals surface area contributed by atoms with Gasteiger partial charge in [-0.1, -0.05) is 0 Å². The van der Waals surface area contributed by atoms with Crippen molar-refractivity contribution in [3.8, 4) is 0 Å². The number of hydrogen-bond acceptors (Lipinski definition) is 4. The number of nitrogens with one attached hydrogen (secondary N) is 1. The third-order valence-electron chi connectivity index (χ3n) is 4.85. The van der Waals surface area contributed by atoms with E-state index >= 15 is 0 Å². The smallest absolute Gasteiger partial charge is 0.257 e. The van der Waals surface area contributed by atoms with Gasteiger partial charge < -0.3 is 10.2 Å². The number of nitrogens with zero attached hydrogens (tertiary/aromatic N) is 3. The van der Waals surface area contributed by atoms with Gasteiger partial charge in [0.05, 0.1) is 11.3 Å². The summed E-state index contributed by atoms with van der Waals surface area (Å²) in [7, 11) is 2.20. The molecule has 2 atom stereocenters. The molecule has 0 aromatic carbocycles. The van der Waals surface area contributed by atoms with Crippen LogP contribution in [0.15, 0.2) is 18.5 Å². The lowest BCUT2D eigenvalue weighted by Crippen LogP contribution is -2.40. The number of likely N-dealkylation sites (tertiary alicyclic amines) is 1. The van der Waals surface area contributed by atoms with Crippen LogP contribution in [0, 0.1) is 0 Å². The number of rotatable bonds is 3. The second kappa shape index (κ2) is 6.02. The molecular formula is C16H24N4O. The zero-order valence-electron chi connectivity index (χ0n) is 12.9. The van der Waals surface area contributed by atoms with Gasteiger partial charge in [-0.15, -0.1) is 0 Å². The highest BCUT2D eigenvalue weighted by molar-refractivity contribution is 5.99. The predicted molar refractivity (Wildman–Crippen MR) is 83.5 cm³/mol. The average molecular weight is 288 g/mol. The molecule has 2 bridgehead atoms. The van der Waals surface area contributed by atoms with E-state index in [1.54, 1.807) is 12.4 Å². The van der Waals surface area contributed by atoms with Crippen molar-refractivity contribution in [1.82, 2.24) is 14.8 Å². The van der Waals surface area contributed by atoms with Crippen LogP contribution in [0.1, 0.15) is 36.5 Å². The van der Waals surface area contributed by atoms with Crippen molar-refractivity contribution in [3.05, 3.63) is 24.0 Å². The number of aromatic nitrogens is 1. The Morgan fingerprint density at radius 2 is 2.19 bits per heavy atom. The lowest BCUT2D eigenvalue weighted by molar-refractivity contribution is 0.0741. The van der Waals surface area contributed by atoms with Gasteiger partial charge in [-0.2, -0.15) is 0 Å². The van der Waals surface area contributed by atoms with Crippen molar-refractivity contribution in [2.45, 2.75) is 38.3 Å². The van der Waals surface area contributed by atoms with E-state index in [0.29, 0.717) is 17.6 Å². The summed E-state index contributed by atoms with van der Waals surface area (Å²) in [6.45, 7) is 4.53. The summed E-state index contributed by atoms with van der Waals surface area (Å²) in [5.41, 5.74) is 1.58. The van der Waals surface area contributed by atoms with Gasteiger partial charge in [0, 0.05) is 44.1 Å². The van der Waals surface area contributed by atoms with E-state index in [1.807, 2.05) is 17.9 Å². The Morgan fingerprint density at radius 3 is 3.00 bits per heavy atom. The zero-order valence-corrected chi connectivity index (χ0v) is 12.9. The molecule has 1 N–H and O–H groups in total. The number of likely N-dealkylation sites (N-methyl/N-ethyl adjacent to an activating group) is 1. The van der Waals surface area contributed by atoms with Gasteiger partial charge in [0.15, 0.2) is 0 Å². The normalized spacial score (nSPS) is 25.7. The number of hydrogen-bond donors (Lipinski definition) is 1. The molecular weight excluding hydrogens is 264 g/mol. The molecule has 0 saturated carbocycles. The number of fused-ring (bicyclic) bond motifs is 2. The van der Waals surface area contributed by atoms with Gasteiger partial charge >= 0.3 is 0 Å². The molecule has 21 heavy (non-hydrogen) atoms. The molecule has 5 nitrogen and oxygen atoms in total. The minimum absolute atomic E-state index is 0.111. The lowest BCUT2D eigenvalue weighted by atomic mass is 10.1. The summed E-state index contributed by atoms with van der Waals surface area (Å²) in [4.78, 5) is 21.5. The van der Waals surface area contributed by atoms with Crippen LogP contribution in [0.2, 0.25) is 0 Å². The maximum Gasteiger partial charge on any atom is 0.257 e. The highest BCUT2D eigenvalue weighted by atomic mass is 16.2. The molecule has 0 aliphatic carbocycles. The van der Waals surface area contributed by atoms with E-state index in [1.165, 1.54) is 12.8 Å². The van der Waals surface area contributed by atoms with Crippen molar-refractivity contribution in [2.24, 2.45) is 0 Å². The molecule has 2 aliphatic rings. The van der Waals surface area contributed by atoms with E-state index in [4.69, 9.17) is 0 Å². The summed E-state index contributed by atoms with van der Waals surface area (Å²) in [5.74, 6) is 0.111. The maximum absolute atomic E-state index is 12.9. The first-order chi connectivity index (χ1) is 10.2. The fraction of sp³-hybridized carbons (Fsp3) is 0.625. The maximum atomic E-state index is 12.9. The Balaban J connectivity index is 1.79. The molecule has 1 aromatic heterocycles. The summed E-state index contributed by atoms with van der Waals surface area (Å²) in [5, 5.41) is 3.26. The van der Waals surface area contributed by atoms with Gasteiger partial charge in [0.2, 0.25) is 0 Å². The number of carbonyl (C=O) groups is 1. The fourth-order valence-corrected chi connectivity index (χ4v) is 3.57. The van der Waals surface area contributed by atoms with Crippen LogP contribution in [0.3, 0.4) is 0 Å². The third-order valence-corrected chi connectivity index (χ3v) is 4.85. The van der Waals surface area contributed by atoms with Crippen LogP contribution in [0.5, 0.6) is 0 Å². The predicted octanol–water partition coefficient (Wildman–Crippen LogP) is 1.82. The van der Waals surface area contributed by atoms with Crippen LogP contribution in [-0.4, -0.2) is 59.5 Å². The molecule has 0 radical (unpaired) electrons. The van der Waals surface area contributed by atoms with E-state index < -0.39 is 0 Å². The molecule has 5 heteroatoms. The summed E-state index contributed by atoms with van der Waals surface area (Å²) in [6.07, 6.45) is 6.98. The van der Waals surface area contributed by atoms with Crippen molar-refractivity contribution >= 4 is 11.6 Å². The van der Waals surface area contributed by atoms with Crippen molar-refractivity contribution < 1.29 is 4.79 Å².